The molecule has 1 heterocycles. The first-order valence-corrected chi connectivity index (χ1v) is 9.26. The minimum Gasteiger partial charge on any atom is -0.399 e. The summed E-state index contributed by atoms with van der Waals surface area (Å²) in [6.45, 7) is 12.3. The second-order valence-electron chi connectivity index (χ2n) is 6.43. The Labute approximate surface area is 156 Å². The smallest absolute Gasteiger partial charge is 0.203 e. The van der Waals surface area contributed by atoms with Crippen LogP contribution < -0.4 is 10.6 Å². The van der Waals surface area contributed by atoms with Crippen molar-refractivity contribution in [1.29, 1.82) is 0 Å². The molecule has 0 saturated carbocycles. The van der Waals surface area contributed by atoms with Crippen molar-refractivity contribution in [1.82, 2.24) is 9.97 Å². The van der Waals surface area contributed by atoms with Gasteiger partial charge in [-0.15, -0.1) is 0 Å². The molecule has 3 rings (SSSR count). The molecule has 2 aromatic carbocycles. The van der Waals surface area contributed by atoms with E-state index in [4.69, 9.17) is 10.7 Å². The van der Waals surface area contributed by atoms with Gasteiger partial charge in [0.25, 0.3) is 0 Å². The summed E-state index contributed by atoms with van der Waals surface area (Å²) in [5, 5.41) is 0. The molecular formula is C22H30N4. The molecule has 3 N–H and O–H groups in total. The van der Waals surface area contributed by atoms with E-state index in [1.54, 1.807) is 0 Å². The lowest BCUT2D eigenvalue weighted by Gasteiger charge is -2.20. The van der Waals surface area contributed by atoms with Crippen molar-refractivity contribution in [3.05, 3.63) is 66.2 Å². The highest BCUT2D eigenvalue weighted by Crippen LogP contribution is 2.23. The summed E-state index contributed by atoms with van der Waals surface area (Å²) in [7, 11) is 0. The van der Waals surface area contributed by atoms with Gasteiger partial charge in [-0.25, -0.2) is 4.98 Å². The molecule has 0 bridgehead atoms. The van der Waals surface area contributed by atoms with E-state index in [0.29, 0.717) is 5.70 Å². The number of benzene rings is 2. The molecule has 0 aliphatic heterocycles. The van der Waals surface area contributed by atoms with Crippen LogP contribution >= 0.6 is 0 Å². The maximum atomic E-state index is 5.82. The van der Waals surface area contributed by atoms with E-state index in [1.165, 1.54) is 5.56 Å². The van der Waals surface area contributed by atoms with Gasteiger partial charge in [0.2, 0.25) is 5.95 Å². The van der Waals surface area contributed by atoms with Gasteiger partial charge < -0.3 is 15.6 Å². The first kappa shape index (κ1) is 19.6. The highest BCUT2D eigenvalue weighted by molar-refractivity contribution is 5.89. The summed E-state index contributed by atoms with van der Waals surface area (Å²) in [4.78, 5) is 10.4. The number of aryl methyl sites for hydroxylation is 1. The van der Waals surface area contributed by atoms with Crippen LogP contribution in [0.2, 0.25) is 0 Å². The average Bonchev–Trinajstić information content (AvgIpc) is 3.06. The van der Waals surface area contributed by atoms with Crippen molar-refractivity contribution in [3.63, 3.8) is 0 Å². The molecule has 0 aliphatic carbocycles. The lowest BCUT2D eigenvalue weighted by atomic mass is 10.1. The average molecular weight is 351 g/mol. The summed E-state index contributed by atoms with van der Waals surface area (Å²) in [6.07, 6.45) is 2.21. The Hall–Kier alpha value is -2.75. The van der Waals surface area contributed by atoms with Gasteiger partial charge in [-0.2, -0.15) is 0 Å². The summed E-state index contributed by atoms with van der Waals surface area (Å²) in [6, 6.07) is 16.2. The molecule has 26 heavy (non-hydrogen) atoms. The monoisotopic (exact) mass is 350 g/mol. The van der Waals surface area contributed by atoms with Crippen LogP contribution in [0.15, 0.2) is 55.1 Å². The van der Waals surface area contributed by atoms with Gasteiger partial charge in [0.1, 0.15) is 0 Å². The van der Waals surface area contributed by atoms with E-state index in [2.05, 4.69) is 49.4 Å². The number of aromatic amines is 1. The third-order valence-corrected chi connectivity index (χ3v) is 4.07. The summed E-state index contributed by atoms with van der Waals surface area (Å²) in [5.41, 5.74) is 10.5. The van der Waals surface area contributed by atoms with Crippen LogP contribution in [0.25, 0.3) is 16.7 Å². The largest absolute Gasteiger partial charge is 0.399 e. The molecular weight excluding hydrogens is 320 g/mol. The summed E-state index contributed by atoms with van der Waals surface area (Å²) in [5.74, 6) is 0.924. The lowest BCUT2D eigenvalue weighted by molar-refractivity contribution is 0.727. The molecule has 0 fully saturated rings. The van der Waals surface area contributed by atoms with E-state index in [1.807, 2.05) is 36.4 Å². The van der Waals surface area contributed by atoms with E-state index in [0.717, 1.165) is 48.5 Å². The first-order valence-electron chi connectivity index (χ1n) is 9.26. The SMILES string of the molecule is C=C(N)c1cccc2[nH]c(N(CCC)CCC)nc12.Cc1ccccc1. The number of nitrogens with one attached hydrogen (secondary N) is 1. The van der Waals surface area contributed by atoms with Gasteiger partial charge >= 0.3 is 0 Å². The number of H-pyrrole nitrogens is 1. The van der Waals surface area contributed by atoms with Crippen LogP contribution in [0.4, 0.5) is 5.95 Å². The van der Waals surface area contributed by atoms with E-state index in [-0.39, 0.29) is 0 Å². The Morgan fingerprint density at radius 1 is 1.04 bits per heavy atom. The minimum absolute atomic E-state index is 0.557. The van der Waals surface area contributed by atoms with E-state index >= 15 is 0 Å². The molecule has 3 aromatic rings. The number of hydrogen-bond donors (Lipinski definition) is 2. The number of imidazole rings is 1. The topological polar surface area (TPSA) is 57.9 Å². The van der Waals surface area contributed by atoms with Gasteiger partial charge in [0.05, 0.1) is 11.0 Å². The molecule has 0 atom stereocenters. The fourth-order valence-corrected chi connectivity index (χ4v) is 2.83. The van der Waals surface area contributed by atoms with E-state index < -0.39 is 0 Å². The Bertz CT molecular complexity index is 815. The standard InChI is InChI=1S/C15H22N4.C7H8/c1-4-9-19(10-5-2)15-17-13-8-6-7-12(11(3)16)14(13)18-15;1-7-5-3-2-4-6-7/h6-8H,3-5,9-10,16H2,1-2H3,(H,17,18);2-6H,1H3. The van der Waals surface area contributed by atoms with Crippen LogP contribution in [0, 0.1) is 6.92 Å². The zero-order valence-corrected chi connectivity index (χ0v) is 16.1. The van der Waals surface area contributed by atoms with Crippen molar-refractivity contribution in [2.24, 2.45) is 5.73 Å². The number of nitrogens with two attached hydrogens (primary N) is 1. The molecule has 0 aliphatic rings. The second-order valence-corrected chi connectivity index (χ2v) is 6.43. The maximum Gasteiger partial charge on any atom is 0.203 e. The third-order valence-electron chi connectivity index (χ3n) is 4.07. The number of para-hydroxylation sites is 1. The van der Waals surface area contributed by atoms with Gasteiger partial charge in [0, 0.05) is 24.4 Å². The van der Waals surface area contributed by atoms with Gasteiger partial charge in [0.15, 0.2) is 0 Å². The first-order chi connectivity index (χ1) is 12.6. The molecule has 0 radical (unpaired) electrons. The zero-order chi connectivity index (χ0) is 18.9. The Balaban J connectivity index is 0.000000290. The number of hydrogen-bond acceptors (Lipinski definition) is 3. The molecule has 1 aromatic heterocycles. The van der Waals surface area contributed by atoms with Gasteiger partial charge in [-0.1, -0.05) is 68.5 Å². The summed E-state index contributed by atoms with van der Waals surface area (Å²) < 4.78 is 0. The molecule has 4 heteroatoms. The predicted molar refractivity (Wildman–Crippen MR) is 113 cm³/mol. The van der Waals surface area contributed by atoms with Crippen molar-refractivity contribution in [2.75, 3.05) is 18.0 Å². The number of anilines is 1. The fraction of sp³-hybridized carbons (Fsp3) is 0.318. The van der Waals surface area contributed by atoms with E-state index in [9.17, 15) is 0 Å². The molecule has 0 saturated heterocycles. The van der Waals surface area contributed by atoms with Crippen molar-refractivity contribution < 1.29 is 0 Å². The normalized spacial score (nSPS) is 10.3. The van der Waals surface area contributed by atoms with Crippen LogP contribution in [-0.2, 0) is 0 Å². The van der Waals surface area contributed by atoms with Crippen molar-refractivity contribution in [2.45, 2.75) is 33.6 Å². The van der Waals surface area contributed by atoms with Crippen LogP contribution in [0.3, 0.4) is 0 Å². The Morgan fingerprint density at radius 3 is 2.19 bits per heavy atom. The quantitative estimate of drug-likeness (QED) is 0.649. The molecule has 4 nitrogen and oxygen atoms in total. The fourth-order valence-electron chi connectivity index (χ4n) is 2.83. The Kier molecular flexibility index (Phi) is 7.27. The number of nitrogens with zero attached hydrogens (tertiary/aromatic N) is 2. The number of aromatic nitrogens is 2. The van der Waals surface area contributed by atoms with Crippen LogP contribution in [0.1, 0.15) is 37.8 Å². The highest BCUT2D eigenvalue weighted by atomic mass is 15.3. The molecule has 0 unspecified atom stereocenters. The molecule has 0 amide bonds. The predicted octanol–water partition coefficient (Wildman–Crippen LogP) is 5.11. The van der Waals surface area contributed by atoms with Gasteiger partial charge in [-0.3, -0.25) is 0 Å². The third kappa shape index (κ3) is 5.12. The van der Waals surface area contributed by atoms with Crippen LogP contribution in [-0.4, -0.2) is 23.1 Å². The minimum atomic E-state index is 0.557. The van der Waals surface area contributed by atoms with Crippen molar-refractivity contribution >= 4 is 22.7 Å². The molecule has 138 valence electrons. The highest BCUT2D eigenvalue weighted by Gasteiger charge is 2.12. The second kappa shape index (κ2) is 9.66. The number of rotatable bonds is 6. The maximum absolute atomic E-state index is 5.82. The zero-order valence-electron chi connectivity index (χ0n) is 16.1. The van der Waals surface area contributed by atoms with Crippen LogP contribution in [0.5, 0.6) is 0 Å². The Morgan fingerprint density at radius 2 is 1.69 bits per heavy atom. The molecule has 0 spiro atoms. The summed E-state index contributed by atoms with van der Waals surface area (Å²) >= 11 is 0. The van der Waals surface area contributed by atoms with Gasteiger partial charge in [-0.05, 0) is 25.8 Å². The van der Waals surface area contributed by atoms with Crippen molar-refractivity contribution in [3.8, 4) is 0 Å². The number of fused-ring (bicyclic) bond motifs is 1. The lowest BCUT2D eigenvalue weighted by Crippen LogP contribution is -2.25.